The molecule has 0 radical (unpaired) electrons. The van der Waals surface area contributed by atoms with E-state index in [0.717, 1.165) is 0 Å². The quantitative estimate of drug-likeness (QED) is 0.349. The molecule has 0 saturated carbocycles. The minimum absolute atomic E-state index is 0.0964. The maximum atomic E-state index is 11.2. The zero-order chi connectivity index (χ0) is 12.0. The van der Waals surface area contributed by atoms with Crippen LogP contribution in [0.15, 0.2) is 0 Å². The smallest absolute Gasteiger partial charge is 0.327 e. The molecule has 0 saturated heterocycles. The molecule has 1 amide bonds. The van der Waals surface area contributed by atoms with E-state index >= 15 is 0 Å². The van der Waals surface area contributed by atoms with Gasteiger partial charge < -0.3 is 21.3 Å². The van der Waals surface area contributed by atoms with Crippen LogP contribution in [0, 0.1) is 0 Å². The van der Waals surface area contributed by atoms with Gasteiger partial charge in [0.25, 0.3) is 0 Å². The van der Waals surface area contributed by atoms with Crippen molar-refractivity contribution in [3.05, 3.63) is 0 Å². The molecule has 2 atom stereocenters. The third-order valence-electron chi connectivity index (χ3n) is 1.53. The van der Waals surface area contributed by atoms with E-state index in [1.54, 1.807) is 0 Å². The highest BCUT2D eigenvalue weighted by molar-refractivity contribution is 7.80. The molecule has 0 fully saturated rings. The zero-order valence-corrected chi connectivity index (χ0v) is 8.61. The van der Waals surface area contributed by atoms with E-state index in [-0.39, 0.29) is 5.75 Å². The second-order valence-corrected chi connectivity index (χ2v) is 3.15. The van der Waals surface area contributed by atoms with Crippen LogP contribution < -0.4 is 11.1 Å². The highest BCUT2D eigenvalue weighted by atomic mass is 32.1. The number of hydrogen-bond acceptors (Lipinski definition) is 5. The van der Waals surface area contributed by atoms with Crippen LogP contribution in [0.3, 0.4) is 0 Å². The van der Waals surface area contributed by atoms with Gasteiger partial charge in [-0.1, -0.05) is 0 Å². The lowest BCUT2D eigenvalue weighted by molar-refractivity contribution is -0.142. The molecule has 0 aliphatic carbocycles. The average molecular weight is 236 g/mol. The lowest BCUT2D eigenvalue weighted by Crippen LogP contribution is -2.49. The predicted molar refractivity (Wildman–Crippen MR) is 53.6 cm³/mol. The summed E-state index contributed by atoms with van der Waals surface area (Å²) in [6.07, 6.45) is -0.551. The Morgan fingerprint density at radius 3 is 2.20 bits per heavy atom. The number of thiol groups is 1. The van der Waals surface area contributed by atoms with Crippen LogP contribution in [-0.2, 0) is 14.4 Å². The topological polar surface area (TPSA) is 130 Å². The number of nitrogens with one attached hydrogen (secondary N) is 1. The number of carboxylic acid groups (broad SMARTS) is 2. The summed E-state index contributed by atoms with van der Waals surface area (Å²) in [5.74, 6) is -3.39. The first kappa shape index (κ1) is 13.7. The molecule has 0 aliphatic heterocycles. The van der Waals surface area contributed by atoms with Gasteiger partial charge in [-0.3, -0.25) is 9.59 Å². The Morgan fingerprint density at radius 2 is 1.87 bits per heavy atom. The molecule has 5 N–H and O–H groups in total. The fraction of sp³-hybridized carbons (Fsp3) is 0.571. The molecule has 0 aromatic heterocycles. The monoisotopic (exact) mass is 236 g/mol. The Hall–Kier alpha value is -1.28. The van der Waals surface area contributed by atoms with Crippen molar-refractivity contribution in [1.82, 2.24) is 5.32 Å². The SMILES string of the molecule is N[C@H](CC(=O)O)C(=O)N[C@H](CS)C(=O)O. The Labute approximate surface area is 91.0 Å². The predicted octanol–water partition coefficient (Wildman–Crippen LogP) is -1.71. The first-order valence-corrected chi connectivity index (χ1v) is 4.63. The van der Waals surface area contributed by atoms with E-state index in [4.69, 9.17) is 15.9 Å². The minimum Gasteiger partial charge on any atom is -0.481 e. The maximum Gasteiger partial charge on any atom is 0.327 e. The van der Waals surface area contributed by atoms with Crippen molar-refractivity contribution in [3.8, 4) is 0 Å². The van der Waals surface area contributed by atoms with Crippen molar-refractivity contribution in [2.45, 2.75) is 18.5 Å². The Bertz CT molecular complexity index is 270. The highest BCUT2D eigenvalue weighted by Gasteiger charge is 2.23. The normalized spacial score (nSPS) is 14.0. The number of aliphatic carboxylic acids is 2. The van der Waals surface area contributed by atoms with Crippen LogP contribution in [0.1, 0.15) is 6.42 Å². The van der Waals surface area contributed by atoms with Gasteiger partial charge in [-0.25, -0.2) is 4.79 Å². The van der Waals surface area contributed by atoms with Gasteiger partial charge in [0.05, 0.1) is 12.5 Å². The summed E-state index contributed by atoms with van der Waals surface area (Å²) in [4.78, 5) is 31.9. The van der Waals surface area contributed by atoms with Gasteiger partial charge in [0.1, 0.15) is 6.04 Å². The van der Waals surface area contributed by atoms with Crippen molar-refractivity contribution >= 4 is 30.5 Å². The molecule has 15 heavy (non-hydrogen) atoms. The summed E-state index contributed by atoms with van der Waals surface area (Å²) in [6, 6.07) is -2.43. The summed E-state index contributed by atoms with van der Waals surface area (Å²) in [5.41, 5.74) is 5.21. The van der Waals surface area contributed by atoms with E-state index in [2.05, 4.69) is 17.9 Å². The lowest BCUT2D eigenvalue weighted by Gasteiger charge is -2.14. The summed E-state index contributed by atoms with van der Waals surface area (Å²) >= 11 is 3.72. The average Bonchev–Trinajstić information content (AvgIpc) is 2.11. The molecule has 0 spiro atoms. The molecule has 0 heterocycles. The first-order chi connectivity index (χ1) is 6.88. The van der Waals surface area contributed by atoms with Crippen LogP contribution in [0.25, 0.3) is 0 Å². The van der Waals surface area contributed by atoms with Crippen LogP contribution in [0.5, 0.6) is 0 Å². The number of carboxylic acids is 2. The van der Waals surface area contributed by atoms with Crippen molar-refractivity contribution in [2.75, 3.05) is 5.75 Å². The Kier molecular flexibility index (Phi) is 5.72. The van der Waals surface area contributed by atoms with Gasteiger partial charge in [0.15, 0.2) is 0 Å². The fourth-order valence-corrected chi connectivity index (χ4v) is 0.993. The minimum atomic E-state index is -1.26. The van der Waals surface area contributed by atoms with Crippen molar-refractivity contribution in [2.24, 2.45) is 5.73 Å². The second kappa shape index (κ2) is 6.25. The van der Waals surface area contributed by atoms with E-state index in [9.17, 15) is 14.4 Å². The van der Waals surface area contributed by atoms with E-state index in [1.807, 2.05) is 0 Å². The molecule has 0 unspecified atom stereocenters. The summed E-state index contributed by atoms with van der Waals surface area (Å²) in [6.45, 7) is 0. The standard InChI is InChI=1S/C7H12N2O5S/c8-3(1-5(10)11)6(12)9-4(2-15)7(13)14/h3-4,15H,1-2,8H2,(H,9,12)(H,10,11)(H,13,14)/t3-,4-/m1/s1. The van der Waals surface area contributed by atoms with E-state index in [0.29, 0.717) is 0 Å². The van der Waals surface area contributed by atoms with Gasteiger partial charge in [0.2, 0.25) is 5.91 Å². The third-order valence-corrected chi connectivity index (χ3v) is 1.89. The Balaban J connectivity index is 4.21. The molecule has 0 aliphatic rings. The van der Waals surface area contributed by atoms with Gasteiger partial charge in [0, 0.05) is 5.75 Å². The van der Waals surface area contributed by atoms with Crippen molar-refractivity contribution < 1.29 is 24.6 Å². The van der Waals surface area contributed by atoms with Crippen LogP contribution in [0.4, 0.5) is 0 Å². The Morgan fingerprint density at radius 1 is 1.33 bits per heavy atom. The molecule has 0 bridgehead atoms. The molecular weight excluding hydrogens is 224 g/mol. The molecule has 0 aromatic carbocycles. The largest absolute Gasteiger partial charge is 0.481 e. The zero-order valence-electron chi connectivity index (χ0n) is 7.71. The van der Waals surface area contributed by atoms with Crippen molar-refractivity contribution in [3.63, 3.8) is 0 Å². The summed E-state index contributed by atoms with van der Waals surface area (Å²) in [7, 11) is 0. The highest BCUT2D eigenvalue weighted by Crippen LogP contribution is 1.93. The van der Waals surface area contributed by atoms with E-state index < -0.39 is 36.4 Å². The van der Waals surface area contributed by atoms with Gasteiger partial charge in [-0.05, 0) is 0 Å². The molecule has 8 heteroatoms. The molecule has 0 aromatic rings. The van der Waals surface area contributed by atoms with E-state index in [1.165, 1.54) is 0 Å². The fourth-order valence-electron chi connectivity index (χ4n) is 0.745. The number of rotatable bonds is 6. The van der Waals surface area contributed by atoms with Crippen LogP contribution in [0.2, 0.25) is 0 Å². The third kappa shape index (κ3) is 5.23. The van der Waals surface area contributed by atoms with Gasteiger partial charge in [-0.2, -0.15) is 12.6 Å². The van der Waals surface area contributed by atoms with Gasteiger partial charge >= 0.3 is 11.9 Å². The van der Waals surface area contributed by atoms with Crippen molar-refractivity contribution in [1.29, 1.82) is 0 Å². The number of nitrogens with two attached hydrogens (primary N) is 1. The number of amides is 1. The number of carbonyl (C=O) groups is 3. The summed E-state index contributed by atoms with van der Waals surface area (Å²) in [5, 5.41) is 19.0. The first-order valence-electron chi connectivity index (χ1n) is 4.00. The van der Waals surface area contributed by atoms with Gasteiger partial charge in [-0.15, -0.1) is 0 Å². The molecular formula is C7H12N2O5S. The number of hydrogen-bond donors (Lipinski definition) is 5. The van der Waals surface area contributed by atoms with Crippen LogP contribution in [-0.4, -0.2) is 45.9 Å². The molecule has 86 valence electrons. The molecule has 7 nitrogen and oxygen atoms in total. The second-order valence-electron chi connectivity index (χ2n) is 2.79. The molecule has 0 rings (SSSR count). The lowest BCUT2D eigenvalue weighted by atomic mass is 10.2. The number of carbonyl (C=O) groups excluding carboxylic acids is 1. The maximum absolute atomic E-state index is 11.2. The van der Waals surface area contributed by atoms with Crippen LogP contribution >= 0.6 is 12.6 Å². The summed E-state index contributed by atoms with van der Waals surface area (Å²) < 4.78 is 0.